The monoisotopic (exact) mass is 301 g/mol. The third kappa shape index (κ3) is 14.1. The van der Waals surface area contributed by atoms with Crippen molar-refractivity contribution in [1.29, 1.82) is 0 Å². The maximum atomic E-state index is 11.7. The summed E-state index contributed by atoms with van der Waals surface area (Å²) in [7, 11) is 0. The molecule has 2 N–H and O–H groups in total. The molecule has 1 atom stereocenters. The van der Waals surface area contributed by atoms with Gasteiger partial charge in [0, 0.05) is 19.6 Å². The first-order valence-corrected chi connectivity index (χ1v) is 8.73. The highest BCUT2D eigenvalue weighted by molar-refractivity contribution is 5.75. The molecule has 0 radical (unpaired) electrons. The van der Waals surface area contributed by atoms with Gasteiger partial charge in [0.2, 0.25) is 5.91 Å². The van der Waals surface area contributed by atoms with Crippen LogP contribution in [-0.2, 0) is 9.53 Å². The van der Waals surface area contributed by atoms with Crippen molar-refractivity contribution in [3.05, 3.63) is 0 Å². The summed E-state index contributed by atoms with van der Waals surface area (Å²) < 4.78 is 5.58. The second kappa shape index (κ2) is 15.8. The number of hydrogen-bond donors (Lipinski definition) is 2. The number of hydrogen-bond acceptors (Lipinski definition) is 3. The molecule has 0 rings (SSSR count). The summed E-state index contributed by atoms with van der Waals surface area (Å²) in [4.78, 5) is 11.7. The Morgan fingerprint density at radius 3 is 2.24 bits per heavy atom. The summed E-state index contributed by atoms with van der Waals surface area (Å²) in [6.45, 7) is 5.40. The second-order valence-electron chi connectivity index (χ2n) is 5.70. The van der Waals surface area contributed by atoms with Crippen molar-refractivity contribution in [2.75, 3.05) is 19.8 Å². The largest absolute Gasteiger partial charge is 0.394 e. The van der Waals surface area contributed by atoms with Crippen molar-refractivity contribution >= 4 is 5.91 Å². The van der Waals surface area contributed by atoms with E-state index < -0.39 is 0 Å². The standard InChI is InChI=1S/C17H35NO3/c1-3-5-7-9-10-12-17(20)18-14-16(15-19)21-13-11-8-6-4-2/h16,19H,3-15H2,1-2H3,(H,18,20)/t16-/m0/s1. The molecule has 4 nitrogen and oxygen atoms in total. The molecule has 0 aliphatic rings. The highest BCUT2D eigenvalue weighted by Crippen LogP contribution is 2.05. The second-order valence-corrected chi connectivity index (χ2v) is 5.70. The topological polar surface area (TPSA) is 58.6 Å². The van der Waals surface area contributed by atoms with Gasteiger partial charge >= 0.3 is 0 Å². The smallest absolute Gasteiger partial charge is 0.220 e. The average Bonchev–Trinajstić information content (AvgIpc) is 2.50. The van der Waals surface area contributed by atoms with Crippen LogP contribution in [0.1, 0.15) is 78.1 Å². The Hall–Kier alpha value is -0.610. The van der Waals surface area contributed by atoms with Gasteiger partial charge in [0.25, 0.3) is 0 Å². The minimum atomic E-state index is -0.268. The molecule has 0 aliphatic heterocycles. The predicted molar refractivity (Wildman–Crippen MR) is 87.4 cm³/mol. The number of unbranched alkanes of at least 4 members (excludes halogenated alkanes) is 7. The van der Waals surface area contributed by atoms with E-state index in [4.69, 9.17) is 4.74 Å². The number of rotatable bonds is 15. The molecule has 0 aliphatic carbocycles. The first-order valence-electron chi connectivity index (χ1n) is 8.73. The number of ether oxygens (including phenoxy) is 1. The summed E-state index contributed by atoms with van der Waals surface area (Å²) in [5.74, 6) is 0.0690. The summed E-state index contributed by atoms with van der Waals surface area (Å²) in [6, 6.07) is 0. The van der Waals surface area contributed by atoms with E-state index in [9.17, 15) is 9.90 Å². The zero-order chi connectivity index (χ0) is 15.8. The van der Waals surface area contributed by atoms with Gasteiger partial charge in [-0.1, -0.05) is 58.8 Å². The molecule has 0 spiro atoms. The van der Waals surface area contributed by atoms with Gasteiger partial charge < -0.3 is 15.2 Å². The Labute approximate surface area is 130 Å². The Morgan fingerprint density at radius 2 is 1.62 bits per heavy atom. The molecule has 126 valence electrons. The van der Waals surface area contributed by atoms with Gasteiger partial charge in [0.1, 0.15) is 0 Å². The van der Waals surface area contributed by atoms with E-state index in [0.717, 1.165) is 19.3 Å². The Kier molecular flexibility index (Phi) is 15.3. The maximum absolute atomic E-state index is 11.7. The fraction of sp³-hybridized carbons (Fsp3) is 0.941. The lowest BCUT2D eigenvalue weighted by Crippen LogP contribution is -2.35. The van der Waals surface area contributed by atoms with Crippen molar-refractivity contribution in [2.24, 2.45) is 0 Å². The van der Waals surface area contributed by atoms with Gasteiger partial charge in [-0.25, -0.2) is 0 Å². The molecule has 0 heterocycles. The Balaban J connectivity index is 3.53. The minimum absolute atomic E-state index is 0.0371. The van der Waals surface area contributed by atoms with Crippen molar-refractivity contribution in [3.8, 4) is 0 Å². The van der Waals surface area contributed by atoms with E-state index in [2.05, 4.69) is 19.2 Å². The summed E-state index contributed by atoms with van der Waals surface area (Å²) in [6.07, 6.45) is 10.7. The highest BCUT2D eigenvalue weighted by Gasteiger charge is 2.09. The number of aliphatic hydroxyl groups excluding tert-OH is 1. The van der Waals surface area contributed by atoms with Crippen LogP contribution in [0.25, 0.3) is 0 Å². The van der Waals surface area contributed by atoms with Gasteiger partial charge in [0.05, 0.1) is 12.7 Å². The van der Waals surface area contributed by atoms with Crippen LogP contribution in [0.5, 0.6) is 0 Å². The van der Waals surface area contributed by atoms with Crippen LogP contribution in [0, 0.1) is 0 Å². The van der Waals surface area contributed by atoms with Gasteiger partial charge in [-0.15, -0.1) is 0 Å². The van der Waals surface area contributed by atoms with Gasteiger partial charge in [-0.2, -0.15) is 0 Å². The van der Waals surface area contributed by atoms with E-state index in [1.807, 2.05) is 0 Å². The SMILES string of the molecule is CCCCCCCC(=O)NC[C@@H](CO)OCCCCCC. The third-order valence-electron chi connectivity index (χ3n) is 3.59. The maximum Gasteiger partial charge on any atom is 0.220 e. The van der Waals surface area contributed by atoms with Crippen LogP contribution in [0.4, 0.5) is 0 Å². The van der Waals surface area contributed by atoms with Crippen LogP contribution >= 0.6 is 0 Å². The molecule has 0 unspecified atom stereocenters. The van der Waals surface area contributed by atoms with Crippen LogP contribution in [0.3, 0.4) is 0 Å². The summed E-state index contributed by atoms with van der Waals surface area (Å²) in [5.41, 5.74) is 0. The van der Waals surface area contributed by atoms with Gasteiger partial charge in [0.15, 0.2) is 0 Å². The van der Waals surface area contributed by atoms with Gasteiger partial charge in [-0.3, -0.25) is 4.79 Å². The lowest BCUT2D eigenvalue weighted by molar-refractivity contribution is -0.122. The molecule has 4 heteroatoms. The van der Waals surface area contributed by atoms with E-state index in [1.165, 1.54) is 38.5 Å². The Bertz CT molecular complexity index is 234. The fourth-order valence-electron chi connectivity index (χ4n) is 2.16. The molecular weight excluding hydrogens is 266 g/mol. The average molecular weight is 301 g/mol. The van der Waals surface area contributed by atoms with E-state index in [1.54, 1.807) is 0 Å². The zero-order valence-corrected chi connectivity index (χ0v) is 14.0. The quantitative estimate of drug-likeness (QED) is 0.456. The molecule has 0 saturated heterocycles. The number of carbonyl (C=O) groups is 1. The lowest BCUT2D eigenvalue weighted by Gasteiger charge is -2.16. The predicted octanol–water partition coefficient (Wildman–Crippen LogP) is 3.42. The van der Waals surface area contributed by atoms with Crippen LogP contribution in [0.2, 0.25) is 0 Å². The van der Waals surface area contributed by atoms with Crippen molar-refractivity contribution < 1.29 is 14.6 Å². The molecule has 0 fully saturated rings. The molecule has 0 bridgehead atoms. The number of aliphatic hydroxyl groups is 1. The molecule has 0 aromatic heterocycles. The zero-order valence-electron chi connectivity index (χ0n) is 14.0. The van der Waals surface area contributed by atoms with E-state index in [0.29, 0.717) is 19.6 Å². The molecule has 0 saturated carbocycles. The van der Waals surface area contributed by atoms with Crippen molar-refractivity contribution in [3.63, 3.8) is 0 Å². The minimum Gasteiger partial charge on any atom is -0.394 e. The van der Waals surface area contributed by atoms with Crippen LogP contribution in [-0.4, -0.2) is 36.9 Å². The highest BCUT2D eigenvalue weighted by atomic mass is 16.5. The number of nitrogens with one attached hydrogen (secondary N) is 1. The molecule has 0 aromatic carbocycles. The summed E-state index contributed by atoms with van der Waals surface area (Å²) in [5, 5.41) is 12.1. The molecule has 1 amide bonds. The third-order valence-corrected chi connectivity index (χ3v) is 3.59. The van der Waals surface area contributed by atoms with E-state index >= 15 is 0 Å². The Morgan fingerprint density at radius 1 is 1.00 bits per heavy atom. The van der Waals surface area contributed by atoms with E-state index in [-0.39, 0.29) is 18.6 Å². The molecule has 21 heavy (non-hydrogen) atoms. The lowest BCUT2D eigenvalue weighted by atomic mass is 10.1. The van der Waals surface area contributed by atoms with Crippen LogP contribution < -0.4 is 5.32 Å². The normalized spacial score (nSPS) is 12.3. The molecular formula is C17H35NO3. The number of carbonyl (C=O) groups excluding carboxylic acids is 1. The molecule has 0 aromatic rings. The number of amides is 1. The van der Waals surface area contributed by atoms with Gasteiger partial charge in [-0.05, 0) is 12.8 Å². The first kappa shape index (κ1) is 20.4. The first-order chi connectivity index (χ1) is 10.2. The van der Waals surface area contributed by atoms with Crippen molar-refractivity contribution in [2.45, 2.75) is 84.2 Å². The fourth-order valence-corrected chi connectivity index (χ4v) is 2.16. The van der Waals surface area contributed by atoms with Crippen molar-refractivity contribution in [1.82, 2.24) is 5.32 Å². The van der Waals surface area contributed by atoms with Crippen LogP contribution in [0.15, 0.2) is 0 Å². The summed E-state index contributed by atoms with van der Waals surface area (Å²) >= 11 is 0.